The van der Waals surface area contributed by atoms with Gasteiger partial charge in [-0.15, -0.1) is 0 Å². The Balaban J connectivity index is 2.28. The maximum Gasteiger partial charge on any atom is 0.251 e. The number of aromatic nitrogens is 3. The number of hydrogen-bond acceptors (Lipinski definition) is 3. The summed E-state index contributed by atoms with van der Waals surface area (Å²) in [6.07, 6.45) is 3.57. The lowest BCUT2D eigenvalue weighted by Crippen LogP contribution is -2.12. The lowest BCUT2D eigenvalue weighted by atomic mass is 10.0. The van der Waals surface area contributed by atoms with Crippen LogP contribution in [-0.4, -0.2) is 15.0 Å². The van der Waals surface area contributed by atoms with Crippen molar-refractivity contribution in [2.45, 2.75) is 19.8 Å². The van der Waals surface area contributed by atoms with Crippen LogP contribution in [0.15, 0.2) is 47.5 Å². The second-order valence-electron chi connectivity index (χ2n) is 5.07. The zero-order valence-electron chi connectivity index (χ0n) is 11.4. The van der Waals surface area contributed by atoms with Gasteiger partial charge in [-0.25, -0.2) is 4.98 Å². The second-order valence-corrected chi connectivity index (χ2v) is 5.07. The molecule has 2 aromatic heterocycles. The van der Waals surface area contributed by atoms with Gasteiger partial charge in [-0.05, 0) is 11.5 Å². The molecule has 0 spiro atoms. The Bertz CT molecular complexity index is 816. The first-order valence-electron chi connectivity index (χ1n) is 6.59. The number of H-pyrrole nitrogens is 1. The molecule has 4 nitrogen and oxygen atoms in total. The Labute approximate surface area is 116 Å². The topological polar surface area (TPSA) is 58.6 Å². The Morgan fingerprint density at radius 1 is 1.20 bits per heavy atom. The van der Waals surface area contributed by atoms with E-state index in [0.29, 0.717) is 11.5 Å². The van der Waals surface area contributed by atoms with Crippen molar-refractivity contribution >= 4 is 10.8 Å². The van der Waals surface area contributed by atoms with Crippen molar-refractivity contribution in [1.82, 2.24) is 15.0 Å². The molecule has 0 bridgehead atoms. The minimum Gasteiger partial charge on any atom is -0.310 e. The molecular formula is C16H15N3O. The number of fused-ring (bicyclic) bond motifs is 1. The van der Waals surface area contributed by atoms with Crippen LogP contribution in [0.3, 0.4) is 0 Å². The van der Waals surface area contributed by atoms with Crippen LogP contribution in [0.25, 0.3) is 22.0 Å². The van der Waals surface area contributed by atoms with E-state index < -0.39 is 0 Å². The van der Waals surface area contributed by atoms with Crippen molar-refractivity contribution in [2.75, 3.05) is 0 Å². The number of benzene rings is 1. The van der Waals surface area contributed by atoms with Crippen molar-refractivity contribution in [3.63, 3.8) is 0 Å². The largest absolute Gasteiger partial charge is 0.310 e. The van der Waals surface area contributed by atoms with Crippen LogP contribution >= 0.6 is 0 Å². The molecular weight excluding hydrogens is 250 g/mol. The summed E-state index contributed by atoms with van der Waals surface area (Å²) in [5.74, 6) is 0.879. The molecule has 1 N–H and O–H groups in total. The summed E-state index contributed by atoms with van der Waals surface area (Å²) in [7, 11) is 0. The first kappa shape index (κ1) is 12.5. The third-order valence-corrected chi connectivity index (χ3v) is 3.27. The van der Waals surface area contributed by atoms with E-state index in [0.717, 1.165) is 16.3 Å². The van der Waals surface area contributed by atoms with Gasteiger partial charge >= 0.3 is 0 Å². The van der Waals surface area contributed by atoms with E-state index in [2.05, 4.69) is 15.0 Å². The molecule has 0 atom stereocenters. The van der Waals surface area contributed by atoms with Crippen molar-refractivity contribution in [3.05, 3.63) is 58.9 Å². The fraction of sp³-hybridized carbons (Fsp3) is 0.188. The molecule has 0 unspecified atom stereocenters. The van der Waals surface area contributed by atoms with Crippen LogP contribution in [0.4, 0.5) is 0 Å². The average molecular weight is 265 g/mol. The van der Waals surface area contributed by atoms with Gasteiger partial charge in [0.25, 0.3) is 5.56 Å². The standard InChI is InChI=1S/C16H15N3O/c1-10(2)16-18-14(8-15(20)19-16)12-5-3-4-11-6-7-17-9-13(11)12/h3-10H,1-2H3,(H,18,19,20). The van der Waals surface area contributed by atoms with Crippen LogP contribution in [0.2, 0.25) is 0 Å². The lowest BCUT2D eigenvalue weighted by Gasteiger charge is -2.09. The van der Waals surface area contributed by atoms with Gasteiger partial charge in [0.05, 0.1) is 5.69 Å². The van der Waals surface area contributed by atoms with Crippen LogP contribution in [-0.2, 0) is 0 Å². The molecule has 100 valence electrons. The highest BCUT2D eigenvalue weighted by atomic mass is 16.1. The predicted octanol–water partition coefficient (Wildman–Crippen LogP) is 3.11. The Hall–Kier alpha value is -2.49. The summed E-state index contributed by atoms with van der Waals surface area (Å²) in [5, 5.41) is 2.09. The van der Waals surface area contributed by atoms with Gasteiger partial charge in [0, 0.05) is 35.3 Å². The third-order valence-electron chi connectivity index (χ3n) is 3.27. The SMILES string of the molecule is CC(C)c1nc(-c2cccc3ccncc23)cc(=O)[nH]1. The number of nitrogens with zero attached hydrogens (tertiary/aromatic N) is 2. The first-order valence-corrected chi connectivity index (χ1v) is 6.59. The minimum absolute atomic E-state index is 0.125. The summed E-state index contributed by atoms with van der Waals surface area (Å²) in [6, 6.07) is 9.45. The van der Waals surface area contributed by atoms with E-state index in [4.69, 9.17) is 0 Å². The minimum atomic E-state index is -0.125. The smallest absolute Gasteiger partial charge is 0.251 e. The van der Waals surface area contributed by atoms with Crippen LogP contribution in [0.1, 0.15) is 25.6 Å². The zero-order chi connectivity index (χ0) is 14.1. The maximum atomic E-state index is 11.8. The molecule has 4 heteroatoms. The maximum absolute atomic E-state index is 11.8. The highest BCUT2D eigenvalue weighted by Crippen LogP contribution is 2.26. The molecule has 3 rings (SSSR count). The van der Waals surface area contributed by atoms with Gasteiger partial charge in [0.1, 0.15) is 5.82 Å². The molecule has 0 fully saturated rings. The molecule has 0 saturated carbocycles. The number of rotatable bonds is 2. The van der Waals surface area contributed by atoms with Crippen LogP contribution < -0.4 is 5.56 Å². The molecule has 1 aromatic carbocycles. The van der Waals surface area contributed by atoms with Crippen LogP contribution in [0.5, 0.6) is 0 Å². The second kappa shape index (κ2) is 4.89. The van der Waals surface area contributed by atoms with Crippen molar-refractivity contribution in [1.29, 1.82) is 0 Å². The van der Waals surface area contributed by atoms with E-state index in [1.54, 1.807) is 6.20 Å². The predicted molar refractivity (Wildman–Crippen MR) is 79.7 cm³/mol. The highest BCUT2D eigenvalue weighted by Gasteiger charge is 2.09. The molecule has 3 aromatic rings. The normalized spacial score (nSPS) is 11.2. The van der Waals surface area contributed by atoms with Gasteiger partial charge in [0.2, 0.25) is 0 Å². The fourth-order valence-corrected chi connectivity index (χ4v) is 2.22. The molecule has 2 heterocycles. The van der Waals surface area contributed by atoms with Crippen molar-refractivity contribution in [3.8, 4) is 11.3 Å². The van der Waals surface area contributed by atoms with Gasteiger partial charge in [-0.1, -0.05) is 32.0 Å². The molecule has 0 amide bonds. The molecule has 0 radical (unpaired) electrons. The Morgan fingerprint density at radius 3 is 2.85 bits per heavy atom. The fourth-order valence-electron chi connectivity index (χ4n) is 2.22. The van der Waals surface area contributed by atoms with Crippen molar-refractivity contribution in [2.24, 2.45) is 0 Å². The van der Waals surface area contributed by atoms with Gasteiger partial charge in [-0.2, -0.15) is 0 Å². The number of pyridine rings is 1. The van der Waals surface area contributed by atoms with Crippen LogP contribution in [0, 0.1) is 0 Å². The molecule has 0 aliphatic heterocycles. The van der Waals surface area contributed by atoms with E-state index in [1.807, 2.05) is 44.3 Å². The molecule has 0 aliphatic carbocycles. The zero-order valence-corrected chi connectivity index (χ0v) is 11.4. The molecule has 0 aliphatic rings. The number of aromatic amines is 1. The summed E-state index contributed by atoms with van der Waals surface area (Å²) in [6.45, 7) is 4.01. The summed E-state index contributed by atoms with van der Waals surface area (Å²) in [4.78, 5) is 23.3. The molecule has 20 heavy (non-hydrogen) atoms. The van der Waals surface area contributed by atoms with Crippen molar-refractivity contribution < 1.29 is 0 Å². The number of nitrogens with one attached hydrogen (secondary N) is 1. The summed E-state index contributed by atoms with van der Waals surface area (Å²) >= 11 is 0. The summed E-state index contributed by atoms with van der Waals surface area (Å²) < 4.78 is 0. The monoisotopic (exact) mass is 265 g/mol. The van der Waals surface area contributed by atoms with Gasteiger partial charge in [0.15, 0.2) is 0 Å². The van der Waals surface area contributed by atoms with Gasteiger partial charge in [-0.3, -0.25) is 9.78 Å². The van der Waals surface area contributed by atoms with E-state index in [-0.39, 0.29) is 11.5 Å². The number of hydrogen-bond donors (Lipinski definition) is 1. The Morgan fingerprint density at radius 2 is 2.05 bits per heavy atom. The Kier molecular flexibility index (Phi) is 3.06. The quantitative estimate of drug-likeness (QED) is 0.774. The first-order chi connectivity index (χ1) is 9.65. The van der Waals surface area contributed by atoms with E-state index in [1.165, 1.54) is 6.07 Å². The van der Waals surface area contributed by atoms with E-state index >= 15 is 0 Å². The highest BCUT2D eigenvalue weighted by molar-refractivity contribution is 5.95. The lowest BCUT2D eigenvalue weighted by molar-refractivity contribution is 0.768. The third kappa shape index (κ3) is 2.20. The van der Waals surface area contributed by atoms with Gasteiger partial charge < -0.3 is 4.98 Å². The summed E-state index contributed by atoms with van der Waals surface area (Å²) in [5.41, 5.74) is 1.50. The molecule has 0 saturated heterocycles. The van der Waals surface area contributed by atoms with E-state index in [9.17, 15) is 4.79 Å². The average Bonchev–Trinajstić information content (AvgIpc) is 2.46.